The average molecular weight is 391 g/mol. The standard InChI is InChI=1S/C19H19ClN2O3S/c1-24-14-5-8-16-12(9-14)11-21-17(10-18(23)25-2)19(22-16)26-15-6-3-13(20)4-7-15/h3-9,11,17,22,26H,10H2,1-2H3/t17-/m0/s1. The van der Waals surface area contributed by atoms with E-state index < -0.39 is 0 Å². The second-order valence-corrected chi connectivity index (χ2v) is 7.28. The van der Waals surface area contributed by atoms with Gasteiger partial charge >= 0.3 is 5.97 Å². The van der Waals surface area contributed by atoms with Crippen LogP contribution in [0.15, 0.2) is 52.4 Å². The van der Waals surface area contributed by atoms with Gasteiger partial charge in [0.2, 0.25) is 0 Å². The zero-order valence-electron chi connectivity index (χ0n) is 14.4. The van der Waals surface area contributed by atoms with Crippen LogP contribution in [-0.2, 0) is 9.53 Å². The number of thiol groups is 1. The summed E-state index contributed by atoms with van der Waals surface area (Å²) in [6, 6.07) is 13.0. The van der Waals surface area contributed by atoms with Crippen LogP contribution in [0.5, 0.6) is 5.75 Å². The summed E-state index contributed by atoms with van der Waals surface area (Å²) >= 11 is 6.89. The number of hydrogen-bond donors (Lipinski definition) is 2. The lowest BCUT2D eigenvalue weighted by atomic mass is 10.2. The molecule has 1 N–H and O–H groups in total. The quantitative estimate of drug-likeness (QED) is 0.474. The Morgan fingerprint density at radius 3 is 2.69 bits per heavy atom. The SMILES string of the molecule is COC(=O)C[C@@H]1N=Cc2cc(OC)ccc2NC1=[SH]c1ccc(Cl)cc1. The van der Waals surface area contributed by atoms with Gasteiger partial charge in [0.1, 0.15) is 11.8 Å². The smallest absolute Gasteiger partial charge is 0.308 e. The number of nitrogens with one attached hydrogen (secondary N) is 1. The second kappa shape index (κ2) is 8.38. The monoisotopic (exact) mass is 390 g/mol. The van der Waals surface area contributed by atoms with E-state index in [-0.39, 0.29) is 18.4 Å². The molecule has 0 amide bonds. The van der Waals surface area contributed by atoms with Crippen LogP contribution in [0.2, 0.25) is 5.02 Å². The number of esters is 1. The van der Waals surface area contributed by atoms with E-state index in [2.05, 4.69) is 10.3 Å². The number of aliphatic imine (C=N–C) groups is 1. The number of fused-ring (bicyclic) bond motifs is 1. The van der Waals surface area contributed by atoms with Crippen LogP contribution >= 0.6 is 23.0 Å². The van der Waals surface area contributed by atoms with E-state index >= 15 is 0 Å². The molecule has 2 aromatic carbocycles. The molecule has 0 spiro atoms. The Morgan fingerprint density at radius 1 is 1.23 bits per heavy atom. The summed E-state index contributed by atoms with van der Waals surface area (Å²) in [6.07, 6.45) is 1.93. The Balaban J connectivity index is 2.00. The molecule has 5 nitrogen and oxygen atoms in total. The summed E-state index contributed by atoms with van der Waals surface area (Å²) in [5.74, 6) is 0.446. The van der Waals surface area contributed by atoms with Gasteiger partial charge in [0.05, 0.1) is 25.6 Å². The summed E-state index contributed by atoms with van der Waals surface area (Å²) < 4.78 is 10.1. The summed E-state index contributed by atoms with van der Waals surface area (Å²) in [4.78, 5) is 18.4. The molecule has 0 saturated heterocycles. The fourth-order valence-electron chi connectivity index (χ4n) is 2.50. The first kappa shape index (κ1) is 18.5. The minimum Gasteiger partial charge on any atom is -0.497 e. The number of ether oxygens (including phenoxy) is 2. The topological polar surface area (TPSA) is 59.9 Å². The van der Waals surface area contributed by atoms with Crippen molar-refractivity contribution in [2.75, 3.05) is 19.5 Å². The Morgan fingerprint density at radius 2 is 2.00 bits per heavy atom. The number of halogens is 1. The molecule has 2 aromatic rings. The van der Waals surface area contributed by atoms with Crippen LogP contribution in [-0.4, -0.2) is 37.4 Å². The van der Waals surface area contributed by atoms with Gasteiger partial charge < -0.3 is 14.8 Å². The molecule has 0 unspecified atom stereocenters. The predicted octanol–water partition coefficient (Wildman–Crippen LogP) is 3.78. The van der Waals surface area contributed by atoms with E-state index in [9.17, 15) is 4.79 Å². The van der Waals surface area contributed by atoms with E-state index in [1.54, 1.807) is 13.3 Å². The van der Waals surface area contributed by atoms with Crippen molar-refractivity contribution in [1.29, 1.82) is 0 Å². The van der Waals surface area contributed by atoms with Crippen LogP contribution in [0.3, 0.4) is 0 Å². The van der Waals surface area contributed by atoms with E-state index in [1.807, 2.05) is 42.5 Å². The lowest BCUT2D eigenvalue weighted by Crippen LogP contribution is -2.27. The van der Waals surface area contributed by atoms with Crippen LogP contribution < -0.4 is 10.1 Å². The summed E-state index contributed by atoms with van der Waals surface area (Å²) in [5, 5.41) is 4.12. The first-order chi connectivity index (χ1) is 12.6. The highest BCUT2D eigenvalue weighted by atomic mass is 35.5. The predicted molar refractivity (Wildman–Crippen MR) is 108 cm³/mol. The Hall–Kier alpha value is -2.31. The van der Waals surface area contributed by atoms with Crippen LogP contribution in [0, 0.1) is 0 Å². The number of hydrogen-bond acceptors (Lipinski definition) is 4. The maximum Gasteiger partial charge on any atom is 0.308 e. The van der Waals surface area contributed by atoms with Crippen molar-refractivity contribution in [3.63, 3.8) is 0 Å². The van der Waals surface area contributed by atoms with Gasteiger partial charge in [0.25, 0.3) is 0 Å². The largest absolute Gasteiger partial charge is 0.497 e. The van der Waals surface area contributed by atoms with Gasteiger partial charge in [-0.15, -0.1) is 11.4 Å². The summed E-state index contributed by atoms with van der Waals surface area (Å²) in [6.45, 7) is 0. The molecule has 0 aromatic heterocycles. The first-order valence-corrected chi connectivity index (χ1v) is 9.25. The Bertz CT molecular complexity index is 866. The molecule has 1 atom stereocenters. The molecule has 1 heterocycles. The number of nitrogens with zero attached hydrogens (tertiary/aromatic N) is 1. The van der Waals surface area contributed by atoms with Crippen LogP contribution in [0.4, 0.5) is 5.69 Å². The summed E-state index contributed by atoms with van der Waals surface area (Å²) in [7, 11) is 3.01. The molecule has 136 valence electrons. The van der Waals surface area contributed by atoms with E-state index in [0.717, 1.165) is 38.2 Å². The van der Waals surface area contributed by atoms with Gasteiger partial charge in [-0.2, -0.15) is 0 Å². The lowest BCUT2D eigenvalue weighted by Gasteiger charge is -2.16. The third-order valence-corrected chi connectivity index (χ3v) is 5.35. The highest BCUT2D eigenvalue weighted by Gasteiger charge is 2.21. The molecule has 0 radical (unpaired) electrons. The molecular formula is C19H19ClN2O3S. The van der Waals surface area contributed by atoms with Crippen molar-refractivity contribution in [2.24, 2.45) is 4.99 Å². The number of rotatable bonds is 4. The molecule has 0 aliphatic carbocycles. The maximum atomic E-state index is 11.8. The number of carbonyl (C=O) groups excluding carboxylic acids is 1. The van der Waals surface area contributed by atoms with Crippen molar-refractivity contribution >= 4 is 45.8 Å². The van der Waals surface area contributed by atoms with Gasteiger partial charge in [-0.25, -0.2) is 0 Å². The second-order valence-electron chi connectivity index (χ2n) is 5.63. The number of carbonyl (C=O) groups is 1. The maximum absolute atomic E-state index is 11.8. The Labute approximate surface area is 161 Å². The molecule has 1 aliphatic heterocycles. The number of benzene rings is 2. The van der Waals surface area contributed by atoms with Gasteiger partial charge in [-0.1, -0.05) is 11.6 Å². The number of methoxy groups -OCH3 is 2. The minimum atomic E-state index is -0.335. The fourth-order valence-corrected chi connectivity index (χ4v) is 3.68. The zero-order valence-corrected chi connectivity index (χ0v) is 16.1. The molecule has 0 bridgehead atoms. The highest BCUT2D eigenvalue weighted by Crippen LogP contribution is 2.26. The Kier molecular flexibility index (Phi) is 5.96. The molecule has 1 aliphatic rings. The number of anilines is 1. The van der Waals surface area contributed by atoms with Gasteiger partial charge in [-0.05, 0) is 42.5 Å². The van der Waals surface area contributed by atoms with Crippen LogP contribution in [0.25, 0.3) is 0 Å². The molecule has 0 saturated carbocycles. The highest BCUT2D eigenvalue weighted by molar-refractivity contribution is 7.99. The lowest BCUT2D eigenvalue weighted by molar-refractivity contribution is -0.140. The molecule has 3 rings (SSSR count). The molecule has 26 heavy (non-hydrogen) atoms. The normalized spacial score (nSPS) is 17.5. The van der Waals surface area contributed by atoms with Crippen molar-refractivity contribution in [3.05, 3.63) is 53.1 Å². The average Bonchev–Trinajstić information content (AvgIpc) is 2.82. The van der Waals surface area contributed by atoms with Crippen LogP contribution in [0.1, 0.15) is 12.0 Å². The minimum absolute atomic E-state index is 0.168. The fraction of sp³-hybridized carbons (Fsp3) is 0.211. The van der Waals surface area contributed by atoms with E-state index in [0.29, 0.717) is 5.02 Å². The van der Waals surface area contributed by atoms with E-state index in [4.69, 9.17) is 21.1 Å². The molecule has 7 heteroatoms. The first-order valence-electron chi connectivity index (χ1n) is 7.98. The van der Waals surface area contributed by atoms with Gasteiger partial charge in [0.15, 0.2) is 0 Å². The molecular weight excluding hydrogens is 372 g/mol. The zero-order chi connectivity index (χ0) is 18.5. The van der Waals surface area contributed by atoms with Gasteiger partial charge in [0, 0.05) is 27.4 Å². The molecule has 0 fully saturated rings. The summed E-state index contributed by atoms with van der Waals surface area (Å²) in [5.41, 5.74) is 1.82. The van der Waals surface area contributed by atoms with E-state index in [1.165, 1.54) is 7.11 Å². The third kappa shape index (κ3) is 4.45. The van der Waals surface area contributed by atoms with Crippen molar-refractivity contribution < 1.29 is 14.3 Å². The van der Waals surface area contributed by atoms with Gasteiger partial charge in [-0.3, -0.25) is 9.79 Å². The third-order valence-electron chi connectivity index (χ3n) is 3.89. The van der Waals surface area contributed by atoms with Crippen molar-refractivity contribution in [2.45, 2.75) is 17.4 Å². The van der Waals surface area contributed by atoms with Crippen molar-refractivity contribution in [3.8, 4) is 5.75 Å². The van der Waals surface area contributed by atoms with Crippen molar-refractivity contribution in [1.82, 2.24) is 0 Å². The number of benzodiazepines with no additional fused rings is 1.